The van der Waals surface area contributed by atoms with Crippen LogP contribution in [-0.2, 0) is 14.3 Å². The van der Waals surface area contributed by atoms with Crippen LogP contribution >= 0.6 is 12.6 Å². The second kappa shape index (κ2) is 5.39. The van der Waals surface area contributed by atoms with Gasteiger partial charge in [0.1, 0.15) is 6.04 Å². The van der Waals surface area contributed by atoms with E-state index >= 15 is 0 Å². The Morgan fingerprint density at radius 1 is 1.60 bits per heavy atom. The zero-order valence-electron chi connectivity index (χ0n) is 9.10. The molecule has 1 fully saturated rings. The lowest BCUT2D eigenvalue weighted by Gasteiger charge is -2.25. The third-order valence-electron chi connectivity index (χ3n) is 2.70. The molecule has 5 heteroatoms. The molecular formula is C10H17NO3S. The molecule has 0 saturated carbocycles. The van der Waals surface area contributed by atoms with Crippen molar-refractivity contribution in [1.82, 2.24) is 4.90 Å². The van der Waals surface area contributed by atoms with Crippen LogP contribution in [-0.4, -0.2) is 42.2 Å². The number of thiol groups is 1. The molecule has 0 spiro atoms. The zero-order chi connectivity index (χ0) is 11.4. The lowest BCUT2D eigenvalue weighted by atomic mass is 10.1. The second-order valence-electron chi connectivity index (χ2n) is 3.80. The Balaban J connectivity index is 2.68. The highest BCUT2D eigenvalue weighted by atomic mass is 32.1. The zero-order valence-corrected chi connectivity index (χ0v) is 10.00. The number of rotatable bonds is 3. The summed E-state index contributed by atoms with van der Waals surface area (Å²) in [7, 11) is 1.35. The van der Waals surface area contributed by atoms with Gasteiger partial charge in [-0.1, -0.05) is 6.92 Å². The van der Waals surface area contributed by atoms with Gasteiger partial charge in [-0.3, -0.25) is 4.79 Å². The minimum atomic E-state index is -0.384. The average molecular weight is 231 g/mol. The number of nitrogens with zero attached hydrogens (tertiary/aromatic N) is 1. The monoisotopic (exact) mass is 231 g/mol. The van der Waals surface area contributed by atoms with E-state index in [4.69, 9.17) is 0 Å². The molecule has 0 aromatic rings. The van der Waals surface area contributed by atoms with Crippen molar-refractivity contribution in [2.75, 3.05) is 19.4 Å². The number of amides is 1. The lowest BCUT2D eigenvalue weighted by Crippen LogP contribution is -2.43. The van der Waals surface area contributed by atoms with Crippen molar-refractivity contribution >= 4 is 24.5 Å². The number of hydrogen-bond donors (Lipinski definition) is 1. The van der Waals surface area contributed by atoms with Crippen LogP contribution in [0.2, 0.25) is 0 Å². The Hall–Kier alpha value is -0.710. The second-order valence-corrected chi connectivity index (χ2v) is 4.16. The normalized spacial score (nSPS) is 22.6. The molecule has 0 N–H and O–H groups in total. The van der Waals surface area contributed by atoms with E-state index in [1.54, 1.807) is 4.90 Å². The van der Waals surface area contributed by atoms with E-state index < -0.39 is 0 Å². The molecule has 1 heterocycles. The number of likely N-dealkylation sites (tertiary alicyclic amines) is 1. The first-order chi connectivity index (χ1) is 7.11. The minimum Gasteiger partial charge on any atom is -0.467 e. The van der Waals surface area contributed by atoms with E-state index in [0.29, 0.717) is 18.7 Å². The number of methoxy groups -OCH3 is 1. The Morgan fingerprint density at radius 3 is 2.80 bits per heavy atom. The summed E-state index contributed by atoms with van der Waals surface area (Å²) in [6, 6.07) is -0.384. The molecule has 1 aliphatic rings. The van der Waals surface area contributed by atoms with Gasteiger partial charge >= 0.3 is 5.97 Å². The first-order valence-corrected chi connectivity index (χ1v) is 5.74. The van der Waals surface area contributed by atoms with Gasteiger partial charge < -0.3 is 9.64 Å². The van der Waals surface area contributed by atoms with Crippen LogP contribution in [0, 0.1) is 5.92 Å². The van der Waals surface area contributed by atoms with Gasteiger partial charge in [0.05, 0.1) is 7.11 Å². The fourth-order valence-corrected chi connectivity index (χ4v) is 1.93. The first-order valence-electron chi connectivity index (χ1n) is 5.11. The van der Waals surface area contributed by atoms with Gasteiger partial charge in [0.15, 0.2) is 0 Å². The predicted molar refractivity (Wildman–Crippen MR) is 59.8 cm³/mol. The van der Waals surface area contributed by atoms with Crippen LogP contribution in [0.3, 0.4) is 0 Å². The maximum Gasteiger partial charge on any atom is 0.328 e. The summed E-state index contributed by atoms with van der Waals surface area (Å²) in [5.41, 5.74) is 0. The van der Waals surface area contributed by atoms with E-state index in [1.165, 1.54) is 7.11 Å². The van der Waals surface area contributed by atoms with Crippen LogP contribution < -0.4 is 0 Å². The number of hydrogen-bond acceptors (Lipinski definition) is 4. The Bertz CT molecular complexity index is 257. The third kappa shape index (κ3) is 2.65. The van der Waals surface area contributed by atoms with Crippen molar-refractivity contribution in [3.63, 3.8) is 0 Å². The number of carbonyl (C=O) groups is 2. The molecule has 1 amide bonds. The largest absolute Gasteiger partial charge is 0.467 e. The Kier molecular flexibility index (Phi) is 4.45. The molecule has 86 valence electrons. The summed E-state index contributed by atoms with van der Waals surface area (Å²) in [5, 5.41) is 0. The summed E-state index contributed by atoms with van der Waals surface area (Å²) >= 11 is 4.09. The van der Waals surface area contributed by atoms with E-state index in [0.717, 1.165) is 6.42 Å². The molecule has 0 radical (unpaired) electrons. The number of ether oxygens (including phenoxy) is 1. The first kappa shape index (κ1) is 12.4. The van der Waals surface area contributed by atoms with Crippen molar-refractivity contribution in [1.29, 1.82) is 0 Å². The van der Waals surface area contributed by atoms with Crippen LogP contribution in [0.1, 0.15) is 19.8 Å². The van der Waals surface area contributed by atoms with Gasteiger partial charge in [-0.15, -0.1) is 0 Å². The molecule has 15 heavy (non-hydrogen) atoms. The topological polar surface area (TPSA) is 46.6 Å². The Labute approximate surface area is 95.4 Å². The molecular weight excluding hydrogens is 214 g/mol. The fraction of sp³-hybridized carbons (Fsp3) is 0.800. The molecule has 0 bridgehead atoms. The average Bonchev–Trinajstić information content (AvgIpc) is 2.74. The summed E-state index contributed by atoms with van der Waals surface area (Å²) in [6.07, 6.45) is 1.57. The highest BCUT2D eigenvalue weighted by Gasteiger charge is 2.36. The summed E-state index contributed by atoms with van der Waals surface area (Å²) in [6.45, 7) is 2.47. The number of carbonyl (C=O) groups excluding carboxylic acids is 2. The molecule has 2 atom stereocenters. The van der Waals surface area contributed by atoms with Crippen molar-refractivity contribution in [2.24, 2.45) is 5.92 Å². The molecule has 2 unspecified atom stereocenters. The fourth-order valence-electron chi connectivity index (χ4n) is 1.77. The molecule has 1 rings (SSSR count). The van der Waals surface area contributed by atoms with Crippen molar-refractivity contribution in [3.8, 4) is 0 Å². The third-order valence-corrected chi connectivity index (χ3v) is 3.25. The molecule has 0 aromatic carbocycles. The lowest BCUT2D eigenvalue weighted by molar-refractivity contribution is -0.151. The van der Waals surface area contributed by atoms with Gasteiger partial charge in [-0.2, -0.15) is 12.6 Å². The summed E-state index contributed by atoms with van der Waals surface area (Å²) in [4.78, 5) is 24.9. The SMILES string of the molecule is COC(=O)C1CCCN1C(=O)C(C)CS. The van der Waals surface area contributed by atoms with Crippen LogP contribution in [0.4, 0.5) is 0 Å². The van der Waals surface area contributed by atoms with Gasteiger partial charge in [0.25, 0.3) is 0 Å². The minimum absolute atomic E-state index is 0.00194. The quantitative estimate of drug-likeness (QED) is 0.575. The van der Waals surface area contributed by atoms with Crippen LogP contribution in [0.5, 0.6) is 0 Å². The molecule has 4 nitrogen and oxygen atoms in total. The molecule has 1 aliphatic heterocycles. The van der Waals surface area contributed by atoms with E-state index in [1.807, 2.05) is 6.92 Å². The maximum atomic E-state index is 11.9. The summed E-state index contributed by atoms with van der Waals surface area (Å²) in [5.74, 6) is 0.0483. The molecule has 0 aliphatic carbocycles. The maximum absolute atomic E-state index is 11.9. The van der Waals surface area contributed by atoms with Crippen molar-refractivity contribution < 1.29 is 14.3 Å². The van der Waals surface area contributed by atoms with Crippen LogP contribution in [0.25, 0.3) is 0 Å². The molecule has 0 aromatic heterocycles. The van der Waals surface area contributed by atoms with E-state index in [9.17, 15) is 9.59 Å². The Morgan fingerprint density at radius 2 is 2.27 bits per heavy atom. The van der Waals surface area contributed by atoms with Crippen molar-refractivity contribution in [3.05, 3.63) is 0 Å². The van der Waals surface area contributed by atoms with Gasteiger partial charge in [0, 0.05) is 18.2 Å². The van der Waals surface area contributed by atoms with Gasteiger partial charge in [0.2, 0.25) is 5.91 Å². The van der Waals surface area contributed by atoms with Crippen LogP contribution in [0.15, 0.2) is 0 Å². The molecule has 1 saturated heterocycles. The van der Waals surface area contributed by atoms with E-state index in [2.05, 4.69) is 17.4 Å². The summed E-state index contributed by atoms with van der Waals surface area (Å²) < 4.78 is 4.68. The number of esters is 1. The standard InChI is InChI=1S/C10H17NO3S/c1-7(6-15)9(12)11-5-3-4-8(11)10(13)14-2/h7-8,15H,3-6H2,1-2H3. The highest BCUT2D eigenvalue weighted by Crippen LogP contribution is 2.21. The smallest absolute Gasteiger partial charge is 0.328 e. The van der Waals surface area contributed by atoms with Crippen molar-refractivity contribution in [2.45, 2.75) is 25.8 Å². The highest BCUT2D eigenvalue weighted by molar-refractivity contribution is 7.80. The van der Waals surface area contributed by atoms with Gasteiger partial charge in [-0.05, 0) is 12.8 Å². The van der Waals surface area contributed by atoms with Gasteiger partial charge in [-0.25, -0.2) is 4.79 Å². The predicted octanol–water partition coefficient (Wildman–Crippen LogP) is 0.716. The van der Waals surface area contributed by atoms with E-state index in [-0.39, 0.29) is 23.8 Å².